The number of hydrogen-bond acceptors (Lipinski definition) is 6. The first-order valence-corrected chi connectivity index (χ1v) is 11.2. The van der Waals surface area contributed by atoms with Gasteiger partial charge >= 0.3 is 5.97 Å². The summed E-state index contributed by atoms with van der Waals surface area (Å²) >= 11 is 1.70. The number of amides is 2. The average molecular weight is 400 g/mol. The number of esters is 1. The first-order chi connectivity index (χ1) is 12.8. The molecule has 7 nitrogen and oxygen atoms in total. The molecule has 154 valence electrons. The normalized spacial score (nSPS) is 22.0. The first kappa shape index (κ1) is 22.0. The molecule has 1 N–H and O–H groups in total. The lowest BCUT2D eigenvalue weighted by molar-refractivity contribution is -0.152. The van der Waals surface area contributed by atoms with Crippen LogP contribution in [0.25, 0.3) is 0 Å². The summed E-state index contributed by atoms with van der Waals surface area (Å²) in [5.41, 5.74) is -0.554. The molecule has 2 amide bonds. The third-order valence-corrected chi connectivity index (χ3v) is 5.90. The fraction of sp³-hybridized carbons (Fsp3) is 0.842. The summed E-state index contributed by atoms with van der Waals surface area (Å²) in [5, 5.41) is 3.51. The smallest absolute Gasteiger partial charge is 0.325 e. The highest BCUT2D eigenvalue weighted by atomic mass is 32.2. The van der Waals surface area contributed by atoms with Crippen LogP contribution in [-0.4, -0.2) is 77.5 Å². The van der Waals surface area contributed by atoms with Gasteiger partial charge in [-0.2, -0.15) is 11.8 Å². The molecular weight excluding hydrogens is 366 g/mol. The number of piperidine rings is 1. The lowest BCUT2D eigenvalue weighted by Crippen LogP contribution is -2.60. The van der Waals surface area contributed by atoms with Crippen molar-refractivity contribution in [1.82, 2.24) is 15.1 Å². The quantitative estimate of drug-likeness (QED) is 0.623. The Hall–Kier alpha value is -1.28. The number of nitrogens with zero attached hydrogens (tertiary/aromatic N) is 2. The average Bonchev–Trinajstić information content (AvgIpc) is 2.85. The Kier molecular flexibility index (Phi) is 7.97. The highest BCUT2D eigenvalue weighted by Crippen LogP contribution is 2.33. The topological polar surface area (TPSA) is 79.0 Å². The molecule has 2 rings (SSSR count). The molecule has 2 fully saturated rings. The van der Waals surface area contributed by atoms with E-state index in [1.807, 2.05) is 25.0 Å². The maximum atomic E-state index is 13.0. The van der Waals surface area contributed by atoms with Gasteiger partial charge in [0.2, 0.25) is 11.8 Å². The highest BCUT2D eigenvalue weighted by Gasteiger charge is 2.52. The minimum atomic E-state index is -0.554. The molecule has 2 aliphatic rings. The first-order valence-electron chi connectivity index (χ1n) is 9.84. The summed E-state index contributed by atoms with van der Waals surface area (Å²) in [6.07, 6.45) is 4.57. The van der Waals surface area contributed by atoms with Crippen molar-refractivity contribution in [2.75, 3.05) is 38.2 Å². The van der Waals surface area contributed by atoms with E-state index in [1.165, 1.54) is 0 Å². The Morgan fingerprint density at radius 2 is 2.00 bits per heavy atom. The monoisotopic (exact) mass is 399 g/mol. The van der Waals surface area contributed by atoms with Gasteiger partial charge < -0.3 is 14.5 Å². The fourth-order valence-corrected chi connectivity index (χ4v) is 4.35. The van der Waals surface area contributed by atoms with Crippen LogP contribution in [0.3, 0.4) is 0 Å². The van der Waals surface area contributed by atoms with Gasteiger partial charge in [-0.25, -0.2) is 0 Å². The van der Waals surface area contributed by atoms with E-state index < -0.39 is 5.66 Å². The lowest BCUT2D eigenvalue weighted by atomic mass is 9.95. The zero-order valence-electron chi connectivity index (χ0n) is 17.0. The number of rotatable bonds is 8. The van der Waals surface area contributed by atoms with Crippen LogP contribution in [0.5, 0.6) is 0 Å². The fourth-order valence-electron chi connectivity index (χ4n) is 3.88. The molecule has 0 aromatic heterocycles. The van der Waals surface area contributed by atoms with Crippen LogP contribution >= 0.6 is 11.8 Å². The van der Waals surface area contributed by atoms with Gasteiger partial charge in [-0.1, -0.05) is 13.8 Å². The summed E-state index contributed by atoms with van der Waals surface area (Å²) in [6, 6.07) is -0.273. The van der Waals surface area contributed by atoms with E-state index in [1.54, 1.807) is 23.6 Å². The largest absolute Gasteiger partial charge is 0.465 e. The van der Waals surface area contributed by atoms with Crippen molar-refractivity contribution in [3.8, 4) is 0 Å². The van der Waals surface area contributed by atoms with Gasteiger partial charge in [0, 0.05) is 32.4 Å². The minimum absolute atomic E-state index is 0.0286. The van der Waals surface area contributed by atoms with Crippen LogP contribution in [0.2, 0.25) is 0 Å². The van der Waals surface area contributed by atoms with E-state index in [9.17, 15) is 14.4 Å². The van der Waals surface area contributed by atoms with Gasteiger partial charge in [0.1, 0.15) is 6.54 Å². The number of hydrogen-bond donors (Lipinski definition) is 1. The van der Waals surface area contributed by atoms with E-state index in [4.69, 9.17) is 4.74 Å². The van der Waals surface area contributed by atoms with Gasteiger partial charge in [0.05, 0.1) is 18.3 Å². The molecule has 2 saturated heterocycles. The van der Waals surface area contributed by atoms with Crippen LogP contribution in [0.1, 0.15) is 46.5 Å². The second-order valence-corrected chi connectivity index (χ2v) is 8.70. The standard InChI is InChI=1S/C19H33N3O4S/c1-5-26-17(24)13-22-18(25)15(6-11-27-4)20-19(22)7-9-21(10-8-19)16(23)12-14(2)3/h14-15,20H,5-13H2,1-4H3. The number of likely N-dealkylation sites (tertiary alicyclic amines) is 1. The molecule has 2 aliphatic heterocycles. The molecule has 0 radical (unpaired) electrons. The molecule has 0 saturated carbocycles. The Morgan fingerprint density at radius 3 is 2.56 bits per heavy atom. The molecule has 27 heavy (non-hydrogen) atoms. The summed E-state index contributed by atoms with van der Waals surface area (Å²) in [6.45, 7) is 7.30. The summed E-state index contributed by atoms with van der Waals surface area (Å²) in [5.74, 6) is 0.969. The number of carbonyl (C=O) groups is 3. The SMILES string of the molecule is CCOC(=O)CN1C(=O)C(CCSC)NC12CCN(C(=O)CC(C)C)CC2. The van der Waals surface area contributed by atoms with E-state index >= 15 is 0 Å². The molecule has 1 unspecified atom stereocenters. The number of carbonyl (C=O) groups excluding carboxylic acids is 3. The third kappa shape index (κ3) is 5.38. The maximum absolute atomic E-state index is 13.0. The molecule has 1 spiro atoms. The van der Waals surface area contributed by atoms with Crippen molar-refractivity contribution in [2.24, 2.45) is 5.92 Å². The Labute approximate surface area is 166 Å². The van der Waals surface area contributed by atoms with Crippen LogP contribution in [0, 0.1) is 5.92 Å². The Balaban J connectivity index is 2.09. The summed E-state index contributed by atoms with van der Waals surface area (Å²) in [7, 11) is 0. The van der Waals surface area contributed by atoms with Gasteiger partial charge in [-0.15, -0.1) is 0 Å². The van der Waals surface area contributed by atoms with E-state index in [2.05, 4.69) is 5.32 Å². The predicted molar refractivity (Wildman–Crippen MR) is 106 cm³/mol. The van der Waals surface area contributed by atoms with Crippen molar-refractivity contribution in [1.29, 1.82) is 0 Å². The van der Waals surface area contributed by atoms with Crippen LogP contribution in [0.4, 0.5) is 0 Å². The molecule has 0 aromatic rings. The van der Waals surface area contributed by atoms with Crippen molar-refractivity contribution in [3.63, 3.8) is 0 Å². The third-order valence-electron chi connectivity index (χ3n) is 5.25. The molecule has 2 heterocycles. The highest BCUT2D eigenvalue weighted by molar-refractivity contribution is 7.98. The van der Waals surface area contributed by atoms with Gasteiger partial charge in [-0.05, 0) is 31.3 Å². The second-order valence-electron chi connectivity index (χ2n) is 7.72. The van der Waals surface area contributed by atoms with E-state index in [-0.39, 0.29) is 30.4 Å². The van der Waals surface area contributed by atoms with Crippen molar-refractivity contribution < 1.29 is 19.1 Å². The molecule has 8 heteroatoms. The lowest BCUT2D eigenvalue weighted by Gasteiger charge is -2.44. The van der Waals surface area contributed by atoms with Gasteiger partial charge in [-0.3, -0.25) is 19.7 Å². The summed E-state index contributed by atoms with van der Waals surface area (Å²) < 4.78 is 5.08. The predicted octanol–water partition coefficient (Wildman–Crippen LogP) is 1.47. The Morgan fingerprint density at radius 1 is 1.33 bits per heavy atom. The zero-order valence-corrected chi connectivity index (χ0v) is 17.8. The molecule has 0 bridgehead atoms. The number of nitrogens with one attached hydrogen (secondary N) is 1. The van der Waals surface area contributed by atoms with Crippen LogP contribution in [-0.2, 0) is 19.1 Å². The molecule has 1 atom stereocenters. The van der Waals surface area contributed by atoms with E-state index in [0.29, 0.717) is 44.9 Å². The van der Waals surface area contributed by atoms with Crippen molar-refractivity contribution >= 4 is 29.5 Å². The van der Waals surface area contributed by atoms with Crippen LogP contribution < -0.4 is 5.32 Å². The molecular formula is C19H33N3O4S. The molecule has 0 aromatic carbocycles. The minimum Gasteiger partial charge on any atom is -0.465 e. The maximum Gasteiger partial charge on any atom is 0.325 e. The zero-order chi connectivity index (χ0) is 20.0. The molecule has 0 aliphatic carbocycles. The Bertz CT molecular complexity index is 547. The number of thioether (sulfide) groups is 1. The van der Waals surface area contributed by atoms with Crippen molar-refractivity contribution in [3.05, 3.63) is 0 Å². The summed E-state index contributed by atoms with van der Waals surface area (Å²) in [4.78, 5) is 40.9. The second kappa shape index (κ2) is 9.78. The number of ether oxygens (including phenoxy) is 1. The van der Waals surface area contributed by atoms with Crippen LogP contribution in [0.15, 0.2) is 0 Å². The van der Waals surface area contributed by atoms with E-state index in [0.717, 1.165) is 12.2 Å². The van der Waals surface area contributed by atoms with Crippen molar-refractivity contribution in [2.45, 2.75) is 58.2 Å². The van der Waals surface area contributed by atoms with Gasteiger partial charge in [0.15, 0.2) is 0 Å². The van der Waals surface area contributed by atoms with Gasteiger partial charge in [0.25, 0.3) is 0 Å².